The molecule has 7 nitrogen and oxygen atoms in total. The fourth-order valence-corrected chi connectivity index (χ4v) is 1.01. The van der Waals surface area contributed by atoms with Crippen LogP contribution in [-0.2, 0) is 4.79 Å². The number of nitrogens with one attached hydrogen (secondary N) is 1. The van der Waals surface area contributed by atoms with Crippen LogP contribution in [0.25, 0.3) is 0 Å². The molecule has 0 aliphatic rings. The number of pyridine rings is 1. The van der Waals surface area contributed by atoms with Crippen LogP contribution in [0.3, 0.4) is 0 Å². The maximum Gasteiger partial charge on any atom is 0.386 e. The molecule has 16 heavy (non-hydrogen) atoms. The third-order valence-corrected chi connectivity index (χ3v) is 1.89. The second-order valence-corrected chi connectivity index (χ2v) is 3.27. The Morgan fingerprint density at radius 3 is 2.88 bits per heavy atom. The number of nitro groups is 1. The smallest absolute Gasteiger partial charge is 0.369 e. The molecule has 1 heterocycles. The lowest BCUT2D eigenvalue weighted by Gasteiger charge is -2.11. The predicted molar refractivity (Wildman–Crippen MR) is 58.1 cm³/mol. The molecule has 0 atom stereocenters. The van der Waals surface area contributed by atoms with Crippen LogP contribution in [0, 0.1) is 10.1 Å². The summed E-state index contributed by atoms with van der Waals surface area (Å²) in [7, 11) is 3.23. The maximum absolute atomic E-state index is 11.3. The van der Waals surface area contributed by atoms with E-state index in [0.717, 1.165) is 0 Å². The van der Waals surface area contributed by atoms with E-state index in [9.17, 15) is 14.9 Å². The Kier molecular flexibility index (Phi) is 3.76. The molecule has 0 radical (unpaired) electrons. The number of hydrogen-bond acceptors (Lipinski definition) is 5. The zero-order valence-corrected chi connectivity index (χ0v) is 9.01. The van der Waals surface area contributed by atoms with Gasteiger partial charge < -0.3 is 20.3 Å². The third-order valence-electron chi connectivity index (χ3n) is 1.89. The number of likely N-dealkylation sites (N-methyl/N-ethyl adjacent to an activating group) is 1. The Labute approximate surface area is 92.2 Å². The summed E-state index contributed by atoms with van der Waals surface area (Å²) in [5.74, 6) is -0.452. The van der Waals surface area contributed by atoms with E-state index in [-0.39, 0.29) is 24.0 Å². The van der Waals surface area contributed by atoms with Gasteiger partial charge in [0, 0.05) is 14.1 Å². The number of anilines is 1. The van der Waals surface area contributed by atoms with Gasteiger partial charge in [-0.25, -0.2) is 0 Å². The van der Waals surface area contributed by atoms with Crippen molar-refractivity contribution in [3.63, 3.8) is 0 Å². The normalized spacial score (nSPS) is 9.62. The molecule has 1 aromatic rings. The highest BCUT2D eigenvalue weighted by atomic mass is 16.6. The Hall–Kier alpha value is -2.18. The van der Waals surface area contributed by atoms with E-state index in [1.165, 1.54) is 17.2 Å². The number of carbonyl (C=O) groups is 1. The molecule has 0 fully saturated rings. The number of hydrogen-bond donors (Lipinski definition) is 1. The van der Waals surface area contributed by atoms with Crippen molar-refractivity contribution in [3.05, 3.63) is 28.4 Å². The van der Waals surface area contributed by atoms with Crippen LogP contribution in [-0.4, -0.2) is 41.4 Å². The van der Waals surface area contributed by atoms with Crippen molar-refractivity contribution in [2.24, 2.45) is 0 Å². The summed E-state index contributed by atoms with van der Waals surface area (Å²) in [4.78, 5) is 26.3. The lowest BCUT2D eigenvalue weighted by Crippen LogP contribution is -2.28. The summed E-state index contributed by atoms with van der Waals surface area (Å²) < 4.78 is 0. The Bertz CT molecular complexity index is 405. The summed E-state index contributed by atoms with van der Waals surface area (Å²) in [5.41, 5.74) is 0.239. The molecular formula is C9H12N4O3. The molecule has 1 rings (SSSR count). The molecule has 0 saturated carbocycles. The highest BCUT2D eigenvalue weighted by Gasteiger charge is 2.14. The van der Waals surface area contributed by atoms with Crippen molar-refractivity contribution in [3.8, 4) is 0 Å². The van der Waals surface area contributed by atoms with Gasteiger partial charge in [0.2, 0.25) is 5.91 Å². The molecule has 1 N–H and O–H groups in total. The zero-order valence-electron chi connectivity index (χ0n) is 9.01. The number of amides is 1. The Morgan fingerprint density at radius 2 is 2.31 bits per heavy atom. The highest BCUT2D eigenvalue weighted by Crippen LogP contribution is 2.19. The monoisotopic (exact) mass is 224 g/mol. The minimum Gasteiger partial charge on any atom is -0.369 e. The highest BCUT2D eigenvalue weighted by molar-refractivity contribution is 5.81. The molecule has 86 valence electrons. The molecule has 0 spiro atoms. The maximum atomic E-state index is 11.3. The number of carbonyl (C=O) groups excluding carboxylic acids is 1. The van der Waals surface area contributed by atoms with Crippen molar-refractivity contribution in [1.82, 2.24) is 9.88 Å². The first-order chi connectivity index (χ1) is 7.52. The molecule has 0 aromatic carbocycles. The third kappa shape index (κ3) is 2.91. The first-order valence-corrected chi connectivity index (χ1v) is 4.56. The number of rotatable bonds is 4. The van der Waals surface area contributed by atoms with Crippen LogP contribution in [0.5, 0.6) is 0 Å². The number of nitrogens with zero attached hydrogens (tertiary/aromatic N) is 3. The summed E-state index contributed by atoms with van der Waals surface area (Å²) in [6.45, 7) is -0.000463. The van der Waals surface area contributed by atoms with Gasteiger partial charge in [0.05, 0.1) is 6.54 Å². The minimum absolute atomic E-state index is 0.000463. The fourth-order valence-electron chi connectivity index (χ4n) is 1.01. The van der Waals surface area contributed by atoms with Crippen molar-refractivity contribution in [2.75, 3.05) is 26.0 Å². The second kappa shape index (κ2) is 5.06. The van der Waals surface area contributed by atoms with Gasteiger partial charge >= 0.3 is 5.82 Å². The van der Waals surface area contributed by atoms with Crippen LogP contribution in [0.15, 0.2) is 18.3 Å². The van der Waals surface area contributed by atoms with Crippen LogP contribution < -0.4 is 5.32 Å². The van der Waals surface area contributed by atoms with Crippen LogP contribution >= 0.6 is 0 Å². The van der Waals surface area contributed by atoms with E-state index in [0.29, 0.717) is 0 Å². The molecule has 0 bridgehead atoms. The molecule has 0 saturated heterocycles. The lowest BCUT2D eigenvalue weighted by atomic mass is 10.3. The van der Waals surface area contributed by atoms with Gasteiger partial charge in [0.15, 0.2) is 0 Å². The van der Waals surface area contributed by atoms with E-state index in [1.807, 2.05) is 0 Å². The second-order valence-electron chi connectivity index (χ2n) is 3.27. The van der Waals surface area contributed by atoms with Crippen LogP contribution in [0.4, 0.5) is 11.5 Å². The molecule has 1 amide bonds. The van der Waals surface area contributed by atoms with Crippen molar-refractivity contribution in [1.29, 1.82) is 0 Å². The average molecular weight is 224 g/mol. The Balaban J connectivity index is 2.74. The van der Waals surface area contributed by atoms with E-state index >= 15 is 0 Å². The first-order valence-electron chi connectivity index (χ1n) is 4.56. The topological polar surface area (TPSA) is 88.4 Å². The predicted octanol–water partition coefficient (Wildman–Crippen LogP) is 0.490. The van der Waals surface area contributed by atoms with Crippen LogP contribution in [0.1, 0.15) is 0 Å². The Morgan fingerprint density at radius 1 is 1.62 bits per heavy atom. The lowest BCUT2D eigenvalue weighted by molar-refractivity contribution is -0.388. The standard InChI is InChI=1S/C9H12N4O3/c1-12(2)8(14)6-11-7-4-3-5-10-9(7)13(15)16/h3-5,11H,6H2,1-2H3. The average Bonchev–Trinajstić information content (AvgIpc) is 2.25. The fraction of sp³-hybridized carbons (Fsp3) is 0.333. The summed E-state index contributed by atoms with van der Waals surface area (Å²) in [6.07, 6.45) is 1.33. The van der Waals surface area contributed by atoms with E-state index in [1.54, 1.807) is 20.2 Å². The minimum atomic E-state index is -0.595. The summed E-state index contributed by atoms with van der Waals surface area (Å²) in [5, 5.41) is 13.3. The van der Waals surface area contributed by atoms with E-state index < -0.39 is 4.92 Å². The van der Waals surface area contributed by atoms with Crippen molar-refractivity contribution >= 4 is 17.4 Å². The van der Waals surface area contributed by atoms with Crippen molar-refractivity contribution < 1.29 is 9.72 Å². The van der Waals surface area contributed by atoms with Gasteiger partial charge in [0.25, 0.3) is 0 Å². The van der Waals surface area contributed by atoms with E-state index in [4.69, 9.17) is 0 Å². The van der Waals surface area contributed by atoms with Gasteiger partial charge in [-0.05, 0) is 22.0 Å². The molecule has 7 heteroatoms. The molecule has 0 aliphatic heterocycles. The molecule has 1 aromatic heterocycles. The first kappa shape index (κ1) is 11.9. The van der Waals surface area contributed by atoms with Gasteiger partial charge in [0.1, 0.15) is 11.9 Å². The van der Waals surface area contributed by atoms with Gasteiger partial charge in [-0.1, -0.05) is 0 Å². The number of aromatic nitrogens is 1. The van der Waals surface area contributed by atoms with Crippen molar-refractivity contribution in [2.45, 2.75) is 0 Å². The van der Waals surface area contributed by atoms with Gasteiger partial charge in [-0.3, -0.25) is 4.79 Å². The largest absolute Gasteiger partial charge is 0.386 e. The van der Waals surface area contributed by atoms with Gasteiger partial charge in [-0.2, -0.15) is 0 Å². The van der Waals surface area contributed by atoms with Crippen LogP contribution in [0.2, 0.25) is 0 Å². The van der Waals surface area contributed by atoms with Gasteiger partial charge in [-0.15, -0.1) is 0 Å². The van der Waals surface area contributed by atoms with E-state index in [2.05, 4.69) is 10.3 Å². The quantitative estimate of drug-likeness (QED) is 0.594. The zero-order chi connectivity index (χ0) is 12.1. The molecular weight excluding hydrogens is 212 g/mol. The SMILES string of the molecule is CN(C)C(=O)CNc1cccnc1[N+](=O)[O-]. The molecule has 0 aliphatic carbocycles. The summed E-state index contributed by atoms with van der Waals surface area (Å²) in [6, 6.07) is 3.07. The molecule has 0 unspecified atom stereocenters. The summed E-state index contributed by atoms with van der Waals surface area (Å²) >= 11 is 0.